The van der Waals surface area contributed by atoms with E-state index in [0.717, 1.165) is 46.2 Å². The Morgan fingerprint density at radius 3 is 2.31 bits per heavy atom. The zero-order chi connectivity index (χ0) is 26.2. The average Bonchev–Trinajstić information content (AvgIpc) is 3.37. The summed E-state index contributed by atoms with van der Waals surface area (Å²) in [5.74, 6) is 0.930. The SMILES string of the molecule is CC1CC=CC=C1c1ccc(N(C2=CCC(c3ccccc3)C=C2)c2ccc3oc4ccccc4c3c2)cc1. The first-order valence-corrected chi connectivity index (χ1v) is 13.9. The van der Waals surface area contributed by atoms with Crippen molar-refractivity contribution in [3.05, 3.63) is 150 Å². The molecule has 190 valence electrons. The summed E-state index contributed by atoms with van der Waals surface area (Å²) in [6.07, 6.45) is 15.8. The molecule has 0 bridgehead atoms. The van der Waals surface area contributed by atoms with Gasteiger partial charge in [-0.2, -0.15) is 0 Å². The Kier molecular flexibility index (Phi) is 6.01. The summed E-state index contributed by atoms with van der Waals surface area (Å²) in [6.45, 7) is 2.31. The summed E-state index contributed by atoms with van der Waals surface area (Å²) >= 11 is 0. The molecule has 7 rings (SSSR count). The van der Waals surface area contributed by atoms with E-state index in [4.69, 9.17) is 4.42 Å². The zero-order valence-electron chi connectivity index (χ0n) is 22.1. The molecule has 2 aliphatic rings. The Labute approximate surface area is 229 Å². The zero-order valence-corrected chi connectivity index (χ0v) is 22.1. The van der Waals surface area contributed by atoms with Crippen LogP contribution in [0.15, 0.2) is 144 Å². The summed E-state index contributed by atoms with van der Waals surface area (Å²) in [6, 6.07) is 34.7. The van der Waals surface area contributed by atoms with Crippen molar-refractivity contribution >= 4 is 38.9 Å². The Bertz CT molecular complexity index is 1770. The maximum Gasteiger partial charge on any atom is 0.135 e. The molecule has 2 heteroatoms. The molecule has 0 spiro atoms. The fourth-order valence-corrected chi connectivity index (χ4v) is 5.95. The van der Waals surface area contributed by atoms with Crippen molar-refractivity contribution in [2.45, 2.75) is 25.7 Å². The standard InChI is InChI=1S/C37H31NO/c1-26-9-5-6-12-33(26)29-17-21-31(22-18-29)38(30-19-15-28(16-20-30)27-10-3-2-4-11-27)32-23-24-37-35(25-32)34-13-7-8-14-36(34)39-37/h2-8,10-15,17-26,28H,9,16H2,1H3. The highest BCUT2D eigenvalue weighted by atomic mass is 16.3. The number of furan rings is 1. The molecule has 0 N–H and O–H groups in total. The number of nitrogens with zero attached hydrogens (tertiary/aromatic N) is 1. The quantitative estimate of drug-likeness (QED) is 0.236. The van der Waals surface area contributed by atoms with Crippen LogP contribution in [0.5, 0.6) is 0 Å². The number of para-hydroxylation sites is 1. The van der Waals surface area contributed by atoms with Crippen molar-refractivity contribution in [1.82, 2.24) is 0 Å². The third-order valence-electron chi connectivity index (χ3n) is 8.08. The number of allylic oxidation sites excluding steroid dienone is 7. The molecule has 4 aromatic carbocycles. The Morgan fingerprint density at radius 2 is 1.51 bits per heavy atom. The minimum Gasteiger partial charge on any atom is -0.456 e. The Balaban J connectivity index is 1.30. The van der Waals surface area contributed by atoms with Gasteiger partial charge in [0.15, 0.2) is 0 Å². The van der Waals surface area contributed by atoms with E-state index in [9.17, 15) is 0 Å². The number of hydrogen-bond donors (Lipinski definition) is 0. The van der Waals surface area contributed by atoms with Gasteiger partial charge in [0.25, 0.3) is 0 Å². The van der Waals surface area contributed by atoms with Crippen molar-refractivity contribution < 1.29 is 4.42 Å². The largest absolute Gasteiger partial charge is 0.456 e. The van der Waals surface area contributed by atoms with Gasteiger partial charge in [0.1, 0.15) is 11.2 Å². The van der Waals surface area contributed by atoms with Crippen LogP contribution in [0.1, 0.15) is 36.8 Å². The molecule has 2 unspecified atom stereocenters. The molecular formula is C37H31NO. The van der Waals surface area contributed by atoms with E-state index < -0.39 is 0 Å². The molecule has 2 atom stereocenters. The predicted molar refractivity (Wildman–Crippen MR) is 164 cm³/mol. The first-order valence-electron chi connectivity index (χ1n) is 13.9. The second-order valence-electron chi connectivity index (χ2n) is 10.6. The van der Waals surface area contributed by atoms with Gasteiger partial charge in [0.05, 0.1) is 0 Å². The molecule has 0 fully saturated rings. The monoisotopic (exact) mass is 505 g/mol. The lowest BCUT2D eigenvalue weighted by Crippen LogP contribution is -2.17. The third kappa shape index (κ3) is 4.42. The molecule has 0 saturated heterocycles. The van der Waals surface area contributed by atoms with Crippen LogP contribution in [0.2, 0.25) is 0 Å². The fourth-order valence-electron chi connectivity index (χ4n) is 5.95. The first-order chi connectivity index (χ1) is 19.2. The van der Waals surface area contributed by atoms with Crippen LogP contribution >= 0.6 is 0 Å². The van der Waals surface area contributed by atoms with Crippen LogP contribution in [0.4, 0.5) is 11.4 Å². The molecule has 39 heavy (non-hydrogen) atoms. The minimum atomic E-state index is 0.396. The van der Waals surface area contributed by atoms with Crippen molar-refractivity contribution in [1.29, 1.82) is 0 Å². The van der Waals surface area contributed by atoms with Crippen LogP contribution in [0, 0.1) is 5.92 Å². The van der Waals surface area contributed by atoms with Gasteiger partial charge in [-0.15, -0.1) is 0 Å². The van der Waals surface area contributed by atoms with Crippen LogP contribution in [-0.2, 0) is 0 Å². The van der Waals surface area contributed by atoms with Gasteiger partial charge in [-0.3, -0.25) is 0 Å². The summed E-state index contributed by atoms with van der Waals surface area (Å²) in [4.78, 5) is 2.38. The van der Waals surface area contributed by atoms with Gasteiger partial charge < -0.3 is 9.32 Å². The minimum absolute atomic E-state index is 0.396. The molecule has 5 aromatic rings. The first kappa shape index (κ1) is 23.5. The van der Waals surface area contributed by atoms with Crippen LogP contribution in [-0.4, -0.2) is 0 Å². The van der Waals surface area contributed by atoms with E-state index >= 15 is 0 Å². The number of fused-ring (bicyclic) bond motifs is 3. The van der Waals surface area contributed by atoms with E-state index in [1.165, 1.54) is 22.4 Å². The number of hydrogen-bond acceptors (Lipinski definition) is 2. The molecule has 2 nitrogen and oxygen atoms in total. The van der Waals surface area contributed by atoms with Crippen molar-refractivity contribution in [3.63, 3.8) is 0 Å². The lowest BCUT2D eigenvalue weighted by atomic mass is 9.88. The third-order valence-corrected chi connectivity index (χ3v) is 8.08. The normalized spacial score (nSPS) is 18.8. The Morgan fingerprint density at radius 1 is 0.744 bits per heavy atom. The maximum atomic E-state index is 6.14. The smallest absolute Gasteiger partial charge is 0.135 e. The fraction of sp³-hybridized carbons (Fsp3) is 0.135. The van der Waals surface area contributed by atoms with E-state index in [-0.39, 0.29) is 0 Å². The summed E-state index contributed by atoms with van der Waals surface area (Å²) in [5.41, 5.74) is 9.37. The molecule has 0 amide bonds. The van der Waals surface area contributed by atoms with Crippen molar-refractivity contribution in [3.8, 4) is 0 Å². The Hall–Kier alpha value is -4.56. The lowest BCUT2D eigenvalue weighted by Gasteiger charge is -2.29. The van der Waals surface area contributed by atoms with Gasteiger partial charge in [-0.05, 0) is 77.9 Å². The highest BCUT2D eigenvalue weighted by molar-refractivity contribution is 6.06. The van der Waals surface area contributed by atoms with Crippen molar-refractivity contribution in [2.75, 3.05) is 4.90 Å². The number of benzene rings is 4. The highest BCUT2D eigenvalue weighted by Gasteiger charge is 2.20. The van der Waals surface area contributed by atoms with Crippen LogP contribution < -0.4 is 4.90 Å². The van der Waals surface area contributed by atoms with Gasteiger partial charge in [0.2, 0.25) is 0 Å². The van der Waals surface area contributed by atoms with Crippen LogP contribution in [0.25, 0.3) is 27.5 Å². The molecule has 0 saturated carbocycles. The predicted octanol–water partition coefficient (Wildman–Crippen LogP) is 10.3. The highest BCUT2D eigenvalue weighted by Crippen LogP contribution is 2.39. The van der Waals surface area contributed by atoms with Gasteiger partial charge in [-0.25, -0.2) is 0 Å². The summed E-state index contributed by atoms with van der Waals surface area (Å²) in [7, 11) is 0. The number of anilines is 2. The molecule has 2 aliphatic carbocycles. The van der Waals surface area contributed by atoms with Gasteiger partial charge in [0, 0.05) is 33.8 Å². The van der Waals surface area contributed by atoms with Crippen LogP contribution in [0.3, 0.4) is 0 Å². The molecular weight excluding hydrogens is 474 g/mol. The van der Waals surface area contributed by atoms with E-state index in [1.54, 1.807) is 0 Å². The van der Waals surface area contributed by atoms with E-state index in [2.05, 4.69) is 133 Å². The van der Waals surface area contributed by atoms with Crippen molar-refractivity contribution in [2.24, 2.45) is 5.92 Å². The summed E-state index contributed by atoms with van der Waals surface area (Å²) in [5, 5.41) is 2.29. The molecule has 1 heterocycles. The van der Waals surface area contributed by atoms with E-state index in [1.807, 2.05) is 12.1 Å². The molecule has 0 radical (unpaired) electrons. The van der Waals surface area contributed by atoms with Gasteiger partial charge in [-0.1, -0.05) is 98.0 Å². The lowest BCUT2D eigenvalue weighted by molar-refractivity contribution is 0.669. The number of rotatable bonds is 5. The summed E-state index contributed by atoms with van der Waals surface area (Å²) < 4.78 is 6.14. The topological polar surface area (TPSA) is 16.4 Å². The molecule has 1 aromatic heterocycles. The molecule has 0 aliphatic heterocycles. The second-order valence-corrected chi connectivity index (χ2v) is 10.6. The average molecular weight is 506 g/mol. The van der Waals surface area contributed by atoms with Gasteiger partial charge >= 0.3 is 0 Å². The second kappa shape index (κ2) is 9.96. The van der Waals surface area contributed by atoms with E-state index in [0.29, 0.717) is 11.8 Å². The maximum absolute atomic E-state index is 6.14.